The van der Waals surface area contributed by atoms with Crippen LogP contribution in [0.15, 0.2) is 55.0 Å². The molecule has 0 bridgehead atoms. The van der Waals surface area contributed by atoms with Crippen molar-refractivity contribution < 1.29 is 18.0 Å². The summed E-state index contributed by atoms with van der Waals surface area (Å²) in [5, 5.41) is 2.60. The smallest absolute Gasteiger partial charge is 0.310 e. The summed E-state index contributed by atoms with van der Waals surface area (Å²) in [7, 11) is 0. The number of carbonyl (C=O) groups is 1. The van der Waals surface area contributed by atoms with E-state index in [1.54, 1.807) is 30.7 Å². The minimum Gasteiger partial charge on any atom is -0.310 e. The topological polar surface area (TPSA) is 67.8 Å². The third kappa shape index (κ3) is 5.85. The molecule has 2 aromatic heterocycles. The third-order valence-electron chi connectivity index (χ3n) is 4.28. The van der Waals surface area contributed by atoms with E-state index in [1.807, 2.05) is 0 Å². The molecule has 0 fully saturated rings. The van der Waals surface area contributed by atoms with Gasteiger partial charge in [-0.2, -0.15) is 13.2 Å². The van der Waals surface area contributed by atoms with Crippen molar-refractivity contribution in [3.8, 4) is 11.1 Å². The first-order valence-electron chi connectivity index (χ1n) is 9.44. The molecule has 3 aromatic rings. The molecule has 8 heteroatoms. The number of hydrogen-bond acceptors (Lipinski definition) is 4. The number of nitrogens with zero attached hydrogens (tertiary/aromatic N) is 3. The molecule has 0 atom stereocenters. The Balaban J connectivity index is 1.62. The van der Waals surface area contributed by atoms with E-state index in [0.717, 1.165) is 35.5 Å². The standard InChI is InChI=1S/C22H21F3N4O/c1-14(2)8-20-27-12-17(13-28-20)16-6-7-19(26-11-16)29-21(30)10-15-4-3-5-18(9-15)22(23,24)25/h3-7,9,11-14H,8,10H2,1-2H3,(H,26,29,30). The highest BCUT2D eigenvalue weighted by atomic mass is 19.4. The van der Waals surface area contributed by atoms with Gasteiger partial charge in [0.25, 0.3) is 0 Å². The quantitative estimate of drug-likeness (QED) is 0.621. The minimum atomic E-state index is -4.44. The number of halogens is 3. The number of amides is 1. The van der Waals surface area contributed by atoms with Gasteiger partial charge in [-0.3, -0.25) is 4.79 Å². The first-order valence-corrected chi connectivity index (χ1v) is 9.44. The number of benzene rings is 1. The van der Waals surface area contributed by atoms with Crippen LogP contribution in [0.25, 0.3) is 11.1 Å². The lowest BCUT2D eigenvalue weighted by Crippen LogP contribution is -2.16. The van der Waals surface area contributed by atoms with Crippen molar-refractivity contribution >= 4 is 11.7 Å². The third-order valence-corrected chi connectivity index (χ3v) is 4.28. The molecule has 1 amide bonds. The highest BCUT2D eigenvalue weighted by molar-refractivity contribution is 5.91. The van der Waals surface area contributed by atoms with Crippen LogP contribution >= 0.6 is 0 Å². The first-order chi connectivity index (χ1) is 14.2. The number of hydrogen-bond donors (Lipinski definition) is 1. The van der Waals surface area contributed by atoms with Crippen molar-refractivity contribution in [1.29, 1.82) is 0 Å². The molecule has 0 radical (unpaired) electrons. The Morgan fingerprint density at radius 1 is 1.00 bits per heavy atom. The van der Waals surface area contributed by atoms with Gasteiger partial charge < -0.3 is 5.32 Å². The molecule has 5 nitrogen and oxygen atoms in total. The molecule has 156 valence electrons. The van der Waals surface area contributed by atoms with Crippen LogP contribution in [-0.2, 0) is 23.8 Å². The summed E-state index contributed by atoms with van der Waals surface area (Å²) in [6.07, 6.45) is 1.22. The van der Waals surface area contributed by atoms with E-state index in [-0.39, 0.29) is 12.0 Å². The van der Waals surface area contributed by atoms with Gasteiger partial charge in [0.1, 0.15) is 11.6 Å². The maximum absolute atomic E-state index is 12.8. The van der Waals surface area contributed by atoms with Crippen molar-refractivity contribution in [2.24, 2.45) is 5.92 Å². The van der Waals surface area contributed by atoms with Crippen molar-refractivity contribution in [3.63, 3.8) is 0 Å². The predicted octanol–water partition coefficient (Wildman–Crippen LogP) is 4.94. The van der Waals surface area contributed by atoms with E-state index >= 15 is 0 Å². The second-order valence-electron chi connectivity index (χ2n) is 7.34. The Labute approximate surface area is 172 Å². The molecule has 0 saturated heterocycles. The van der Waals surface area contributed by atoms with Gasteiger partial charge in [0.05, 0.1) is 12.0 Å². The molecule has 1 N–H and O–H groups in total. The maximum Gasteiger partial charge on any atom is 0.416 e. The zero-order valence-corrected chi connectivity index (χ0v) is 16.6. The highest BCUT2D eigenvalue weighted by Crippen LogP contribution is 2.29. The fourth-order valence-electron chi connectivity index (χ4n) is 2.84. The van der Waals surface area contributed by atoms with Crippen molar-refractivity contribution in [1.82, 2.24) is 15.0 Å². The van der Waals surface area contributed by atoms with Gasteiger partial charge in [-0.25, -0.2) is 15.0 Å². The number of anilines is 1. The zero-order chi connectivity index (χ0) is 21.7. The monoisotopic (exact) mass is 414 g/mol. The Morgan fingerprint density at radius 2 is 1.70 bits per heavy atom. The Kier molecular flexibility index (Phi) is 6.44. The van der Waals surface area contributed by atoms with E-state index in [9.17, 15) is 18.0 Å². The fourth-order valence-corrected chi connectivity index (χ4v) is 2.84. The van der Waals surface area contributed by atoms with E-state index in [4.69, 9.17) is 0 Å². The van der Waals surface area contributed by atoms with Gasteiger partial charge in [-0.15, -0.1) is 0 Å². The van der Waals surface area contributed by atoms with Crippen LogP contribution in [0.3, 0.4) is 0 Å². The minimum absolute atomic E-state index is 0.182. The average molecular weight is 414 g/mol. The zero-order valence-electron chi connectivity index (χ0n) is 16.6. The second kappa shape index (κ2) is 9.02. The average Bonchev–Trinajstić information content (AvgIpc) is 2.68. The van der Waals surface area contributed by atoms with Gasteiger partial charge in [-0.1, -0.05) is 32.0 Å². The van der Waals surface area contributed by atoms with E-state index in [0.29, 0.717) is 11.7 Å². The van der Waals surface area contributed by atoms with Crippen LogP contribution in [0.5, 0.6) is 0 Å². The molecule has 3 rings (SSSR count). The van der Waals surface area contributed by atoms with Gasteiger partial charge in [0, 0.05) is 36.1 Å². The summed E-state index contributed by atoms with van der Waals surface area (Å²) in [6.45, 7) is 4.20. The molecule has 0 aliphatic rings. The number of rotatable bonds is 6. The van der Waals surface area contributed by atoms with E-state index in [2.05, 4.69) is 34.1 Å². The number of aromatic nitrogens is 3. The summed E-state index contributed by atoms with van der Waals surface area (Å²) in [6, 6.07) is 8.11. The first kappa shape index (κ1) is 21.4. The highest BCUT2D eigenvalue weighted by Gasteiger charge is 2.30. The molecule has 0 aliphatic heterocycles. The molecule has 0 unspecified atom stereocenters. The number of alkyl halides is 3. The lowest BCUT2D eigenvalue weighted by atomic mass is 10.1. The Bertz CT molecular complexity index is 1000. The van der Waals surface area contributed by atoms with Crippen LogP contribution in [-0.4, -0.2) is 20.9 Å². The van der Waals surface area contributed by atoms with Gasteiger partial charge in [0.15, 0.2) is 0 Å². The van der Waals surface area contributed by atoms with Gasteiger partial charge >= 0.3 is 6.18 Å². The number of carbonyl (C=O) groups excluding carboxylic acids is 1. The van der Waals surface area contributed by atoms with Crippen LogP contribution < -0.4 is 5.32 Å². The molecule has 1 aromatic carbocycles. The molecular weight excluding hydrogens is 393 g/mol. The summed E-state index contributed by atoms with van der Waals surface area (Å²) in [5.41, 5.74) is 1.09. The number of nitrogens with one attached hydrogen (secondary N) is 1. The Morgan fingerprint density at radius 3 is 2.30 bits per heavy atom. The predicted molar refractivity (Wildman–Crippen MR) is 108 cm³/mol. The largest absolute Gasteiger partial charge is 0.416 e. The SMILES string of the molecule is CC(C)Cc1ncc(-c2ccc(NC(=O)Cc3cccc(C(F)(F)F)c3)nc2)cn1. The lowest BCUT2D eigenvalue weighted by Gasteiger charge is -2.09. The molecular formula is C22H21F3N4O. The summed E-state index contributed by atoms with van der Waals surface area (Å²) < 4.78 is 38.4. The molecule has 0 saturated carbocycles. The molecule has 0 spiro atoms. The fraction of sp³-hybridized carbons (Fsp3) is 0.273. The normalized spacial score (nSPS) is 11.5. The summed E-state index contributed by atoms with van der Waals surface area (Å²) in [4.78, 5) is 25.1. The van der Waals surface area contributed by atoms with Crippen LogP contribution in [0, 0.1) is 5.92 Å². The summed E-state index contributed by atoms with van der Waals surface area (Å²) in [5.74, 6) is 1.11. The van der Waals surface area contributed by atoms with Crippen molar-refractivity contribution in [3.05, 3.63) is 71.9 Å². The lowest BCUT2D eigenvalue weighted by molar-refractivity contribution is -0.137. The van der Waals surface area contributed by atoms with Crippen LogP contribution in [0.4, 0.5) is 19.0 Å². The van der Waals surface area contributed by atoms with Gasteiger partial charge in [0.2, 0.25) is 5.91 Å². The molecule has 30 heavy (non-hydrogen) atoms. The van der Waals surface area contributed by atoms with E-state index in [1.165, 1.54) is 12.1 Å². The number of pyridine rings is 1. The Hall–Kier alpha value is -3.29. The van der Waals surface area contributed by atoms with Gasteiger partial charge in [-0.05, 0) is 29.7 Å². The maximum atomic E-state index is 12.8. The molecule has 2 heterocycles. The second-order valence-corrected chi connectivity index (χ2v) is 7.34. The van der Waals surface area contributed by atoms with Crippen molar-refractivity contribution in [2.45, 2.75) is 32.9 Å². The molecule has 0 aliphatic carbocycles. The van der Waals surface area contributed by atoms with Crippen molar-refractivity contribution in [2.75, 3.05) is 5.32 Å². The van der Waals surface area contributed by atoms with Crippen LogP contribution in [0.1, 0.15) is 30.8 Å². The summed E-state index contributed by atoms with van der Waals surface area (Å²) >= 11 is 0. The van der Waals surface area contributed by atoms with E-state index < -0.39 is 17.6 Å². The van der Waals surface area contributed by atoms with Crippen LogP contribution in [0.2, 0.25) is 0 Å².